The number of amides is 2. The van der Waals surface area contributed by atoms with E-state index in [4.69, 9.17) is 16.3 Å². The number of anilines is 1. The third kappa shape index (κ3) is 2.09. The van der Waals surface area contributed by atoms with Gasteiger partial charge in [-0.05, 0) is 6.07 Å². The van der Waals surface area contributed by atoms with E-state index in [1.165, 1.54) is 13.2 Å². The van der Waals surface area contributed by atoms with E-state index in [9.17, 15) is 14.3 Å². The number of nitrogens with one attached hydrogen (secondary N) is 1. The number of aliphatic hydroxyl groups excluding tert-OH is 1. The molecule has 5 nitrogen and oxygen atoms in total. The summed E-state index contributed by atoms with van der Waals surface area (Å²) in [5.74, 6) is -0.374. The Morgan fingerprint density at radius 3 is 3.00 bits per heavy atom. The molecule has 1 aromatic rings. The highest BCUT2D eigenvalue weighted by molar-refractivity contribution is 6.32. The molecule has 2 N–H and O–H groups in total. The lowest BCUT2D eigenvalue weighted by atomic mass is 10.2. The molecule has 2 rings (SSSR count). The smallest absolute Gasteiger partial charge is 0.322 e. The van der Waals surface area contributed by atoms with Crippen molar-refractivity contribution in [3.05, 3.63) is 23.0 Å². The highest BCUT2D eigenvalue weighted by atomic mass is 35.5. The van der Waals surface area contributed by atoms with Crippen molar-refractivity contribution in [2.45, 2.75) is 6.04 Å². The van der Waals surface area contributed by atoms with Gasteiger partial charge in [0.1, 0.15) is 11.6 Å². The van der Waals surface area contributed by atoms with Crippen molar-refractivity contribution in [3.63, 3.8) is 0 Å². The van der Waals surface area contributed by atoms with Crippen molar-refractivity contribution in [1.82, 2.24) is 5.32 Å². The lowest BCUT2D eigenvalue weighted by Gasteiger charge is -2.22. The van der Waals surface area contributed by atoms with Crippen molar-refractivity contribution in [1.29, 1.82) is 0 Å². The first-order chi connectivity index (χ1) is 8.58. The molecule has 0 aromatic heterocycles. The molecule has 1 aliphatic heterocycles. The van der Waals surface area contributed by atoms with E-state index in [0.717, 1.165) is 11.0 Å². The van der Waals surface area contributed by atoms with Crippen LogP contribution in [0.2, 0.25) is 5.02 Å². The highest BCUT2D eigenvalue weighted by Gasteiger charge is 2.33. The van der Waals surface area contributed by atoms with Crippen molar-refractivity contribution < 1.29 is 19.0 Å². The van der Waals surface area contributed by atoms with Gasteiger partial charge in [-0.2, -0.15) is 0 Å². The lowest BCUT2D eigenvalue weighted by molar-refractivity contribution is 0.247. The predicted octanol–water partition coefficient (Wildman–Crippen LogP) is 1.38. The first-order valence-corrected chi connectivity index (χ1v) is 5.67. The molecule has 0 aliphatic carbocycles. The standard InChI is InChI=1S/C11H12ClFN2O3/c1-18-10-3-9(8(13)2-7(10)12)15-6(5-16)4-14-11(15)17/h2-3,6,16H,4-5H2,1H3,(H,14,17). The van der Waals surface area contributed by atoms with Crippen LogP contribution in [0.5, 0.6) is 5.75 Å². The van der Waals surface area contributed by atoms with E-state index < -0.39 is 17.9 Å². The molecule has 1 aliphatic rings. The fraction of sp³-hybridized carbons (Fsp3) is 0.364. The zero-order valence-electron chi connectivity index (χ0n) is 9.61. The van der Waals surface area contributed by atoms with Gasteiger partial charge in [0, 0.05) is 12.6 Å². The molecule has 1 atom stereocenters. The molecule has 18 heavy (non-hydrogen) atoms. The SMILES string of the molecule is COc1cc(N2C(=O)NCC2CO)c(F)cc1Cl. The second-order valence-electron chi connectivity index (χ2n) is 3.83. The zero-order valence-corrected chi connectivity index (χ0v) is 10.4. The van der Waals surface area contributed by atoms with Gasteiger partial charge in [-0.1, -0.05) is 11.6 Å². The van der Waals surface area contributed by atoms with Crippen LogP contribution < -0.4 is 15.0 Å². The minimum atomic E-state index is -0.642. The van der Waals surface area contributed by atoms with Crippen molar-refractivity contribution >= 4 is 23.3 Å². The van der Waals surface area contributed by atoms with E-state index in [2.05, 4.69) is 5.32 Å². The molecule has 1 heterocycles. The Labute approximate surface area is 108 Å². The lowest BCUT2D eigenvalue weighted by Crippen LogP contribution is -2.37. The van der Waals surface area contributed by atoms with Gasteiger partial charge in [0.15, 0.2) is 0 Å². The first-order valence-electron chi connectivity index (χ1n) is 5.29. The number of hydrogen-bond donors (Lipinski definition) is 2. The summed E-state index contributed by atoms with van der Waals surface area (Å²) in [4.78, 5) is 12.8. The molecule has 0 bridgehead atoms. The Bertz CT molecular complexity index is 484. The van der Waals surface area contributed by atoms with E-state index in [-0.39, 0.29) is 29.6 Å². The molecule has 98 valence electrons. The van der Waals surface area contributed by atoms with Crippen molar-refractivity contribution in [2.75, 3.05) is 25.2 Å². The van der Waals surface area contributed by atoms with Gasteiger partial charge in [-0.25, -0.2) is 9.18 Å². The third-order valence-electron chi connectivity index (χ3n) is 2.76. The van der Waals surface area contributed by atoms with Crippen LogP contribution in [0.1, 0.15) is 0 Å². The third-order valence-corrected chi connectivity index (χ3v) is 3.06. The topological polar surface area (TPSA) is 61.8 Å². The number of methoxy groups -OCH3 is 1. The number of urea groups is 1. The largest absolute Gasteiger partial charge is 0.495 e. The van der Waals surface area contributed by atoms with E-state index >= 15 is 0 Å². The Morgan fingerprint density at radius 2 is 2.39 bits per heavy atom. The molecule has 0 spiro atoms. The minimum Gasteiger partial charge on any atom is -0.495 e. The Kier molecular flexibility index (Phi) is 3.58. The molecule has 1 fully saturated rings. The molecule has 1 saturated heterocycles. The van der Waals surface area contributed by atoms with Crippen LogP contribution in [-0.4, -0.2) is 37.4 Å². The van der Waals surface area contributed by atoms with Crippen LogP contribution in [-0.2, 0) is 0 Å². The van der Waals surface area contributed by atoms with E-state index in [1.807, 2.05) is 0 Å². The normalized spacial score (nSPS) is 19.0. The summed E-state index contributed by atoms with van der Waals surface area (Å²) in [6, 6.07) is 1.45. The molecule has 7 heteroatoms. The van der Waals surface area contributed by atoms with E-state index in [0.29, 0.717) is 0 Å². The first kappa shape index (κ1) is 12.9. The number of ether oxygens (including phenoxy) is 1. The second-order valence-corrected chi connectivity index (χ2v) is 4.24. The summed E-state index contributed by atoms with van der Waals surface area (Å²) in [5, 5.41) is 11.8. The molecular weight excluding hydrogens is 263 g/mol. The van der Waals surface area contributed by atoms with Crippen LogP contribution >= 0.6 is 11.6 Å². The van der Waals surface area contributed by atoms with Gasteiger partial charge in [0.05, 0.1) is 30.5 Å². The molecular formula is C11H12ClFN2O3. The molecule has 0 saturated carbocycles. The number of carbonyl (C=O) groups excluding carboxylic acids is 1. The van der Waals surface area contributed by atoms with E-state index in [1.54, 1.807) is 0 Å². The fourth-order valence-electron chi connectivity index (χ4n) is 1.86. The second kappa shape index (κ2) is 4.99. The summed E-state index contributed by atoms with van der Waals surface area (Å²) in [6.07, 6.45) is 0. The number of aliphatic hydroxyl groups is 1. The quantitative estimate of drug-likeness (QED) is 0.875. The minimum absolute atomic E-state index is 0.0327. The highest BCUT2D eigenvalue weighted by Crippen LogP contribution is 2.33. The Hall–Kier alpha value is -1.53. The van der Waals surface area contributed by atoms with Crippen LogP contribution in [0.15, 0.2) is 12.1 Å². The average molecular weight is 275 g/mol. The van der Waals surface area contributed by atoms with Gasteiger partial charge >= 0.3 is 6.03 Å². The van der Waals surface area contributed by atoms with Crippen molar-refractivity contribution in [3.8, 4) is 5.75 Å². The van der Waals surface area contributed by atoms with Gasteiger partial charge < -0.3 is 15.2 Å². The maximum Gasteiger partial charge on any atom is 0.322 e. The summed E-state index contributed by atoms with van der Waals surface area (Å²) in [7, 11) is 1.40. The van der Waals surface area contributed by atoms with Crippen LogP contribution in [0.25, 0.3) is 0 Å². The Morgan fingerprint density at radius 1 is 1.67 bits per heavy atom. The number of rotatable bonds is 3. The van der Waals surface area contributed by atoms with Crippen molar-refractivity contribution in [2.24, 2.45) is 0 Å². The molecule has 2 amide bonds. The number of nitrogens with zero attached hydrogens (tertiary/aromatic N) is 1. The number of hydrogen-bond acceptors (Lipinski definition) is 3. The maximum absolute atomic E-state index is 13.9. The zero-order chi connectivity index (χ0) is 13.3. The number of benzene rings is 1. The number of carbonyl (C=O) groups is 1. The molecule has 1 unspecified atom stereocenters. The van der Waals surface area contributed by atoms with Crippen LogP contribution in [0.4, 0.5) is 14.9 Å². The van der Waals surface area contributed by atoms with Gasteiger partial charge in [0.25, 0.3) is 0 Å². The fourth-order valence-corrected chi connectivity index (χ4v) is 2.09. The summed E-state index contributed by atoms with van der Waals surface area (Å²) in [5.41, 5.74) is 0.0327. The van der Waals surface area contributed by atoms with Gasteiger partial charge in [-0.3, -0.25) is 4.90 Å². The van der Waals surface area contributed by atoms with Gasteiger partial charge in [-0.15, -0.1) is 0 Å². The maximum atomic E-state index is 13.9. The van der Waals surface area contributed by atoms with Crippen LogP contribution in [0, 0.1) is 5.82 Å². The monoisotopic (exact) mass is 274 g/mol. The predicted molar refractivity (Wildman–Crippen MR) is 64.7 cm³/mol. The van der Waals surface area contributed by atoms with Gasteiger partial charge in [0.2, 0.25) is 0 Å². The van der Waals surface area contributed by atoms with Crippen LogP contribution in [0.3, 0.4) is 0 Å². The average Bonchev–Trinajstić information content (AvgIpc) is 2.71. The summed E-state index contributed by atoms with van der Waals surface area (Å²) >= 11 is 5.78. The summed E-state index contributed by atoms with van der Waals surface area (Å²) in [6.45, 7) is 0.00281. The number of halogens is 2. The molecule has 1 aromatic carbocycles. The Balaban J connectivity index is 2.46. The summed E-state index contributed by atoms with van der Waals surface area (Å²) < 4.78 is 18.8. The molecule has 0 radical (unpaired) electrons.